The van der Waals surface area contributed by atoms with E-state index in [1.54, 1.807) is 7.11 Å². The zero-order chi connectivity index (χ0) is 10.7. The lowest BCUT2D eigenvalue weighted by atomic mass is 9.91. The van der Waals surface area contributed by atoms with E-state index in [4.69, 9.17) is 15.2 Å². The minimum atomic E-state index is 0.0888. The molecule has 4 heteroatoms. The second-order valence-corrected chi connectivity index (χ2v) is 4.68. The van der Waals surface area contributed by atoms with Crippen LogP contribution in [0.5, 0.6) is 0 Å². The number of rotatable bonds is 3. The zero-order valence-corrected chi connectivity index (χ0v) is 9.58. The molecule has 2 rings (SSSR count). The predicted octanol–water partition coefficient (Wildman–Crippen LogP) is 0.215. The summed E-state index contributed by atoms with van der Waals surface area (Å²) in [5.41, 5.74) is 6.03. The number of methoxy groups -OCH3 is 1. The molecule has 0 amide bonds. The summed E-state index contributed by atoms with van der Waals surface area (Å²) >= 11 is 0. The van der Waals surface area contributed by atoms with Crippen LogP contribution in [0.3, 0.4) is 0 Å². The Morgan fingerprint density at radius 1 is 1.60 bits per heavy atom. The zero-order valence-electron chi connectivity index (χ0n) is 9.58. The maximum Gasteiger partial charge on any atom is 0.0710 e. The van der Waals surface area contributed by atoms with Gasteiger partial charge in [0, 0.05) is 33.4 Å². The molecule has 0 bridgehead atoms. The van der Waals surface area contributed by atoms with Gasteiger partial charge >= 0.3 is 0 Å². The van der Waals surface area contributed by atoms with Gasteiger partial charge in [-0.1, -0.05) is 0 Å². The van der Waals surface area contributed by atoms with E-state index < -0.39 is 0 Å². The van der Waals surface area contributed by atoms with Gasteiger partial charge in [0.2, 0.25) is 0 Å². The molecule has 0 aromatic carbocycles. The molecule has 0 saturated carbocycles. The molecule has 2 heterocycles. The van der Waals surface area contributed by atoms with E-state index in [0.717, 1.165) is 39.1 Å². The van der Waals surface area contributed by atoms with Crippen LogP contribution in [-0.4, -0.2) is 56.5 Å². The van der Waals surface area contributed by atoms with Crippen LogP contribution in [0.15, 0.2) is 0 Å². The van der Waals surface area contributed by atoms with Crippen molar-refractivity contribution in [3.63, 3.8) is 0 Å². The van der Waals surface area contributed by atoms with E-state index in [1.807, 2.05) is 0 Å². The Balaban J connectivity index is 1.99. The van der Waals surface area contributed by atoms with Crippen molar-refractivity contribution in [1.82, 2.24) is 4.90 Å². The average molecular weight is 214 g/mol. The summed E-state index contributed by atoms with van der Waals surface area (Å²) in [6.45, 7) is 4.49. The van der Waals surface area contributed by atoms with Crippen LogP contribution in [0.4, 0.5) is 0 Å². The first-order chi connectivity index (χ1) is 7.30. The first kappa shape index (κ1) is 11.3. The minimum absolute atomic E-state index is 0.0888. The smallest absolute Gasteiger partial charge is 0.0710 e. The fraction of sp³-hybridized carbons (Fsp3) is 1.00. The van der Waals surface area contributed by atoms with Crippen molar-refractivity contribution in [1.29, 1.82) is 0 Å². The van der Waals surface area contributed by atoms with E-state index in [0.29, 0.717) is 12.6 Å². The van der Waals surface area contributed by atoms with Crippen LogP contribution in [0, 0.1) is 0 Å². The van der Waals surface area contributed by atoms with Crippen LogP contribution in [0.2, 0.25) is 0 Å². The van der Waals surface area contributed by atoms with E-state index >= 15 is 0 Å². The number of hydrogen-bond acceptors (Lipinski definition) is 4. The third kappa shape index (κ3) is 2.18. The summed E-state index contributed by atoms with van der Waals surface area (Å²) in [6.07, 6.45) is 3.80. The standard InChI is InChI=1S/C11H22N2O2/c1-14-10-3-5-13(7-10)11(8-12)4-2-6-15-9-11/h10H,2-9,12H2,1H3. The molecule has 15 heavy (non-hydrogen) atoms. The van der Waals surface area contributed by atoms with Crippen molar-refractivity contribution in [3.8, 4) is 0 Å². The second-order valence-electron chi connectivity index (χ2n) is 4.68. The van der Waals surface area contributed by atoms with Gasteiger partial charge in [0.25, 0.3) is 0 Å². The average Bonchev–Trinajstić information content (AvgIpc) is 2.79. The van der Waals surface area contributed by atoms with Crippen LogP contribution in [-0.2, 0) is 9.47 Å². The summed E-state index contributed by atoms with van der Waals surface area (Å²) in [7, 11) is 1.79. The Morgan fingerprint density at radius 2 is 2.47 bits per heavy atom. The Bertz CT molecular complexity index is 205. The molecule has 2 aliphatic rings. The highest BCUT2D eigenvalue weighted by molar-refractivity contribution is 4.97. The van der Waals surface area contributed by atoms with Crippen molar-refractivity contribution >= 4 is 0 Å². The molecule has 88 valence electrons. The van der Waals surface area contributed by atoms with Gasteiger partial charge in [-0.15, -0.1) is 0 Å². The van der Waals surface area contributed by atoms with Gasteiger partial charge in [-0.3, -0.25) is 4.90 Å². The van der Waals surface area contributed by atoms with Crippen molar-refractivity contribution < 1.29 is 9.47 Å². The Labute approximate surface area is 91.7 Å². The van der Waals surface area contributed by atoms with Crippen LogP contribution >= 0.6 is 0 Å². The Morgan fingerprint density at radius 3 is 3.00 bits per heavy atom. The molecule has 2 fully saturated rings. The summed E-state index contributed by atoms with van der Waals surface area (Å²) in [6, 6.07) is 0. The molecule has 4 nitrogen and oxygen atoms in total. The molecule has 2 saturated heterocycles. The Kier molecular flexibility index (Phi) is 3.61. The summed E-state index contributed by atoms with van der Waals surface area (Å²) < 4.78 is 11.0. The van der Waals surface area contributed by atoms with Crippen LogP contribution < -0.4 is 5.73 Å². The summed E-state index contributed by atoms with van der Waals surface area (Å²) in [5.74, 6) is 0. The number of ether oxygens (including phenoxy) is 2. The minimum Gasteiger partial charge on any atom is -0.380 e. The van der Waals surface area contributed by atoms with Crippen LogP contribution in [0.1, 0.15) is 19.3 Å². The second kappa shape index (κ2) is 4.78. The lowest BCUT2D eigenvalue weighted by molar-refractivity contribution is -0.0408. The van der Waals surface area contributed by atoms with Gasteiger partial charge in [0.05, 0.1) is 18.2 Å². The normalized spacial score (nSPS) is 38.4. The largest absolute Gasteiger partial charge is 0.380 e. The maximum atomic E-state index is 5.94. The highest BCUT2D eigenvalue weighted by Crippen LogP contribution is 2.29. The highest BCUT2D eigenvalue weighted by atomic mass is 16.5. The molecule has 0 aromatic rings. The first-order valence-electron chi connectivity index (χ1n) is 5.86. The fourth-order valence-corrected chi connectivity index (χ4v) is 2.73. The number of hydrogen-bond donors (Lipinski definition) is 1. The van der Waals surface area contributed by atoms with Gasteiger partial charge in [0.15, 0.2) is 0 Å². The molecule has 2 unspecified atom stereocenters. The molecule has 0 radical (unpaired) electrons. The molecule has 0 aromatic heterocycles. The molecule has 2 aliphatic heterocycles. The van der Waals surface area contributed by atoms with E-state index in [-0.39, 0.29) is 5.54 Å². The monoisotopic (exact) mass is 214 g/mol. The number of nitrogens with zero attached hydrogens (tertiary/aromatic N) is 1. The Hall–Kier alpha value is -0.160. The molecule has 2 N–H and O–H groups in total. The molecule has 0 aliphatic carbocycles. The highest BCUT2D eigenvalue weighted by Gasteiger charge is 2.41. The van der Waals surface area contributed by atoms with Gasteiger partial charge in [-0.25, -0.2) is 0 Å². The van der Waals surface area contributed by atoms with E-state index in [9.17, 15) is 0 Å². The lowest BCUT2D eigenvalue weighted by Crippen LogP contribution is -2.58. The quantitative estimate of drug-likeness (QED) is 0.730. The molecular formula is C11H22N2O2. The lowest BCUT2D eigenvalue weighted by Gasteiger charge is -2.43. The van der Waals surface area contributed by atoms with Gasteiger partial charge < -0.3 is 15.2 Å². The van der Waals surface area contributed by atoms with Gasteiger partial charge in [-0.05, 0) is 19.3 Å². The topological polar surface area (TPSA) is 47.7 Å². The van der Waals surface area contributed by atoms with Crippen molar-refractivity contribution in [2.75, 3.05) is 40.0 Å². The van der Waals surface area contributed by atoms with Crippen molar-refractivity contribution in [3.05, 3.63) is 0 Å². The number of nitrogens with two attached hydrogens (primary N) is 1. The fourth-order valence-electron chi connectivity index (χ4n) is 2.73. The first-order valence-corrected chi connectivity index (χ1v) is 5.86. The van der Waals surface area contributed by atoms with E-state index in [1.165, 1.54) is 6.42 Å². The van der Waals surface area contributed by atoms with Crippen molar-refractivity contribution in [2.24, 2.45) is 5.73 Å². The SMILES string of the molecule is COC1CCN(C2(CN)CCCOC2)C1. The molecular weight excluding hydrogens is 192 g/mol. The third-order valence-corrected chi connectivity index (χ3v) is 3.83. The predicted molar refractivity (Wildman–Crippen MR) is 58.8 cm³/mol. The third-order valence-electron chi connectivity index (χ3n) is 3.83. The van der Waals surface area contributed by atoms with Crippen molar-refractivity contribution in [2.45, 2.75) is 30.9 Å². The molecule has 2 atom stereocenters. The van der Waals surface area contributed by atoms with Gasteiger partial charge in [0.1, 0.15) is 0 Å². The maximum absolute atomic E-state index is 5.94. The number of likely N-dealkylation sites (tertiary alicyclic amines) is 1. The summed E-state index contributed by atoms with van der Waals surface area (Å²) in [5, 5.41) is 0. The summed E-state index contributed by atoms with van der Waals surface area (Å²) in [4.78, 5) is 2.47. The molecule has 0 spiro atoms. The van der Waals surface area contributed by atoms with E-state index in [2.05, 4.69) is 4.90 Å². The van der Waals surface area contributed by atoms with Crippen LogP contribution in [0.25, 0.3) is 0 Å². The van der Waals surface area contributed by atoms with Gasteiger partial charge in [-0.2, -0.15) is 0 Å².